The van der Waals surface area contributed by atoms with Crippen molar-refractivity contribution in [2.75, 3.05) is 26.2 Å². The fraction of sp³-hybridized carbons (Fsp3) is 0.500. The number of benzene rings is 1. The summed E-state index contributed by atoms with van der Waals surface area (Å²) in [6.07, 6.45) is 4.94. The largest absolute Gasteiger partial charge is 0.324 e. The minimum atomic E-state index is 1.27. The Morgan fingerprint density at radius 1 is 1.00 bits per heavy atom. The van der Waals surface area contributed by atoms with Crippen molar-refractivity contribution in [2.45, 2.75) is 26.7 Å². The maximum Gasteiger partial charge on any atom is 0.0824 e. The fourth-order valence-corrected chi connectivity index (χ4v) is 2.78. The quantitative estimate of drug-likeness (QED) is 0.694. The monoisotopic (exact) mass is 230 g/mol. The number of quaternary nitrogens is 1. The van der Waals surface area contributed by atoms with Crippen LogP contribution >= 0.6 is 0 Å². The molecule has 0 amide bonds. The second kappa shape index (κ2) is 5.50. The molecule has 0 atom stereocenters. The van der Waals surface area contributed by atoms with Crippen LogP contribution in [0.15, 0.2) is 35.9 Å². The molecule has 0 radical (unpaired) electrons. The highest BCUT2D eigenvalue weighted by molar-refractivity contribution is 5.52. The molecule has 1 aromatic rings. The molecule has 1 fully saturated rings. The van der Waals surface area contributed by atoms with E-state index in [4.69, 9.17) is 0 Å². The van der Waals surface area contributed by atoms with Gasteiger partial charge in [-0.1, -0.05) is 42.0 Å². The van der Waals surface area contributed by atoms with Gasteiger partial charge in [-0.3, -0.25) is 0 Å². The summed E-state index contributed by atoms with van der Waals surface area (Å²) >= 11 is 0. The molecule has 1 aromatic carbocycles. The third-order valence-electron chi connectivity index (χ3n) is 4.33. The highest BCUT2D eigenvalue weighted by Gasteiger charge is 2.27. The van der Waals surface area contributed by atoms with Crippen molar-refractivity contribution in [3.05, 3.63) is 41.5 Å². The second-order valence-corrected chi connectivity index (χ2v) is 5.13. The summed E-state index contributed by atoms with van der Waals surface area (Å²) in [7, 11) is 0. The first-order valence-electron chi connectivity index (χ1n) is 6.87. The molecular weight excluding hydrogens is 206 g/mol. The van der Waals surface area contributed by atoms with Gasteiger partial charge in [-0.2, -0.15) is 0 Å². The SMILES string of the molecule is CC[N+]1(CC)CCC(=Cc2ccccc2)CC1. The van der Waals surface area contributed by atoms with Crippen LogP contribution in [0.5, 0.6) is 0 Å². The fourth-order valence-electron chi connectivity index (χ4n) is 2.78. The number of rotatable bonds is 3. The summed E-state index contributed by atoms with van der Waals surface area (Å²) in [5.74, 6) is 0. The number of hydrogen-bond acceptors (Lipinski definition) is 0. The Balaban J connectivity index is 2.02. The van der Waals surface area contributed by atoms with Crippen LogP contribution in [0.4, 0.5) is 0 Å². The van der Waals surface area contributed by atoms with Gasteiger partial charge in [-0.15, -0.1) is 0 Å². The molecule has 0 N–H and O–H groups in total. The summed E-state index contributed by atoms with van der Waals surface area (Å²) in [6.45, 7) is 9.88. The van der Waals surface area contributed by atoms with Crippen LogP contribution in [0.2, 0.25) is 0 Å². The molecule has 1 aliphatic rings. The minimum absolute atomic E-state index is 1.27. The van der Waals surface area contributed by atoms with E-state index in [1.54, 1.807) is 5.57 Å². The second-order valence-electron chi connectivity index (χ2n) is 5.13. The van der Waals surface area contributed by atoms with Crippen molar-refractivity contribution >= 4 is 6.08 Å². The zero-order valence-corrected chi connectivity index (χ0v) is 11.2. The lowest BCUT2D eigenvalue weighted by Crippen LogP contribution is -2.51. The van der Waals surface area contributed by atoms with Crippen molar-refractivity contribution < 1.29 is 4.48 Å². The lowest BCUT2D eigenvalue weighted by molar-refractivity contribution is -0.927. The summed E-state index contributed by atoms with van der Waals surface area (Å²) in [6, 6.07) is 10.7. The van der Waals surface area contributed by atoms with Gasteiger partial charge in [0.25, 0.3) is 0 Å². The summed E-state index contributed by atoms with van der Waals surface area (Å²) in [4.78, 5) is 0. The van der Waals surface area contributed by atoms with Crippen LogP contribution in [0.3, 0.4) is 0 Å². The van der Waals surface area contributed by atoms with Crippen molar-refractivity contribution in [3.8, 4) is 0 Å². The highest BCUT2D eigenvalue weighted by atomic mass is 15.3. The van der Waals surface area contributed by atoms with Gasteiger partial charge in [0.2, 0.25) is 0 Å². The molecule has 1 aliphatic heterocycles. The van der Waals surface area contributed by atoms with E-state index in [1.807, 2.05) is 0 Å². The summed E-state index contributed by atoms with van der Waals surface area (Å²) in [5, 5.41) is 0. The van der Waals surface area contributed by atoms with E-state index in [-0.39, 0.29) is 0 Å². The Kier molecular flexibility index (Phi) is 4.01. The average molecular weight is 230 g/mol. The molecule has 2 rings (SSSR count). The Bertz CT molecular complexity index is 362. The number of nitrogens with zero attached hydrogens (tertiary/aromatic N) is 1. The smallest absolute Gasteiger partial charge is 0.0824 e. The molecule has 92 valence electrons. The van der Waals surface area contributed by atoms with E-state index in [0.717, 1.165) is 0 Å². The molecule has 1 nitrogen and oxygen atoms in total. The maximum atomic E-state index is 2.39. The van der Waals surface area contributed by atoms with Gasteiger partial charge in [-0.05, 0) is 19.4 Å². The van der Waals surface area contributed by atoms with Crippen LogP contribution in [-0.4, -0.2) is 30.7 Å². The molecule has 0 unspecified atom stereocenters. The van der Waals surface area contributed by atoms with E-state index in [2.05, 4.69) is 50.3 Å². The first kappa shape index (κ1) is 12.4. The Morgan fingerprint density at radius 2 is 1.59 bits per heavy atom. The first-order chi connectivity index (χ1) is 8.28. The van der Waals surface area contributed by atoms with Gasteiger partial charge in [-0.25, -0.2) is 0 Å². The van der Waals surface area contributed by atoms with Crippen molar-refractivity contribution in [2.24, 2.45) is 0 Å². The molecule has 1 heterocycles. The van der Waals surface area contributed by atoms with Crippen molar-refractivity contribution in [1.29, 1.82) is 0 Å². The van der Waals surface area contributed by atoms with Crippen LogP contribution in [0.25, 0.3) is 6.08 Å². The maximum absolute atomic E-state index is 2.39. The third-order valence-corrected chi connectivity index (χ3v) is 4.33. The lowest BCUT2D eigenvalue weighted by Gasteiger charge is -2.40. The zero-order valence-electron chi connectivity index (χ0n) is 11.2. The van der Waals surface area contributed by atoms with E-state index in [1.165, 1.54) is 49.1 Å². The zero-order chi connectivity index (χ0) is 12.1. The first-order valence-corrected chi connectivity index (χ1v) is 6.87. The van der Waals surface area contributed by atoms with Crippen LogP contribution in [-0.2, 0) is 0 Å². The molecule has 0 spiro atoms. The average Bonchev–Trinajstić information content (AvgIpc) is 2.41. The van der Waals surface area contributed by atoms with Gasteiger partial charge < -0.3 is 4.48 Å². The predicted octanol–water partition coefficient (Wildman–Crippen LogP) is 3.72. The van der Waals surface area contributed by atoms with E-state index in [9.17, 15) is 0 Å². The molecule has 0 aromatic heterocycles. The van der Waals surface area contributed by atoms with Crippen LogP contribution in [0.1, 0.15) is 32.3 Å². The van der Waals surface area contributed by atoms with Gasteiger partial charge in [0, 0.05) is 12.8 Å². The number of hydrogen-bond donors (Lipinski definition) is 0. The van der Waals surface area contributed by atoms with Gasteiger partial charge in [0.05, 0.1) is 26.2 Å². The summed E-state index contributed by atoms with van der Waals surface area (Å²) < 4.78 is 1.31. The predicted molar refractivity (Wildman–Crippen MR) is 74.7 cm³/mol. The molecule has 17 heavy (non-hydrogen) atoms. The van der Waals surface area contributed by atoms with Gasteiger partial charge in [0.15, 0.2) is 0 Å². The Hall–Kier alpha value is -1.08. The molecular formula is C16H24N+. The Morgan fingerprint density at radius 3 is 2.12 bits per heavy atom. The standard InChI is InChI=1S/C16H24N/c1-3-17(4-2)12-10-16(11-13-17)14-15-8-6-5-7-9-15/h5-9,14H,3-4,10-13H2,1-2H3/q+1. The third kappa shape index (κ3) is 2.98. The summed E-state index contributed by atoms with van der Waals surface area (Å²) in [5.41, 5.74) is 2.99. The van der Waals surface area contributed by atoms with Gasteiger partial charge in [0.1, 0.15) is 0 Å². The normalized spacial score (nSPS) is 19.1. The van der Waals surface area contributed by atoms with E-state index >= 15 is 0 Å². The van der Waals surface area contributed by atoms with Crippen LogP contribution in [0, 0.1) is 0 Å². The van der Waals surface area contributed by atoms with Gasteiger partial charge >= 0.3 is 0 Å². The highest BCUT2D eigenvalue weighted by Crippen LogP contribution is 2.24. The molecule has 0 aliphatic carbocycles. The molecule has 1 saturated heterocycles. The van der Waals surface area contributed by atoms with E-state index in [0.29, 0.717) is 0 Å². The number of piperidine rings is 1. The molecule has 1 heteroatoms. The van der Waals surface area contributed by atoms with Crippen LogP contribution < -0.4 is 0 Å². The minimum Gasteiger partial charge on any atom is -0.324 e. The molecule has 0 bridgehead atoms. The Labute approximate surface area is 105 Å². The van der Waals surface area contributed by atoms with Crippen molar-refractivity contribution in [3.63, 3.8) is 0 Å². The molecule has 0 saturated carbocycles. The van der Waals surface area contributed by atoms with E-state index < -0.39 is 0 Å². The lowest BCUT2D eigenvalue weighted by atomic mass is 9.99. The topological polar surface area (TPSA) is 0 Å². The van der Waals surface area contributed by atoms with Crippen molar-refractivity contribution in [1.82, 2.24) is 0 Å². The number of likely N-dealkylation sites (tertiary alicyclic amines) is 1.